The van der Waals surface area contributed by atoms with Crippen LogP contribution in [0.25, 0.3) is 0 Å². The lowest BCUT2D eigenvalue weighted by molar-refractivity contribution is 0.529. The first kappa shape index (κ1) is 17.1. The molecule has 1 aliphatic rings. The predicted octanol–water partition coefficient (Wildman–Crippen LogP) is 2.97. The maximum Gasteiger partial charge on any atom is 0.189 e. The lowest BCUT2D eigenvalue weighted by Gasteiger charge is -2.16. The Balaban J connectivity index is 0.00000200. The van der Waals surface area contributed by atoms with Gasteiger partial charge in [-0.05, 0) is 25.0 Å². The predicted molar refractivity (Wildman–Crippen MR) is 89.6 cm³/mol. The Morgan fingerprint density at radius 3 is 2.70 bits per heavy atom. The minimum Gasteiger partial charge on any atom is -0.370 e. The summed E-state index contributed by atoms with van der Waals surface area (Å²) in [6.45, 7) is 0.179. The zero-order chi connectivity index (χ0) is 13.5. The lowest BCUT2D eigenvalue weighted by Crippen LogP contribution is -2.39. The highest BCUT2D eigenvalue weighted by molar-refractivity contribution is 14.0. The number of aliphatic imine (C=N–C) groups is 1. The van der Waals surface area contributed by atoms with Gasteiger partial charge in [0.2, 0.25) is 0 Å². The van der Waals surface area contributed by atoms with E-state index in [-0.39, 0.29) is 36.3 Å². The van der Waals surface area contributed by atoms with Gasteiger partial charge in [0.15, 0.2) is 5.96 Å². The van der Waals surface area contributed by atoms with Crippen molar-refractivity contribution in [1.29, 1.82) is 0 Å². The number of guanidine groups is 1. The molecule has 1 aromatic rings. The van der Waals surface area contributed by atoms with Crippen molar-refractivity contribution in [3.8, 4) is 0 Å². The summed E-state index contributed by atoms with van der Waals surface area (Å²) >= 11 is 0. The smallest absolute Gasteiger partial charge is 0.189 e. The maximum absolute atomic E-state index is 13.4. The first-order valence-corrected chi connectivity index (χ1v) is 6.91. The molecule has 1 aliphatic carbocycles. The molecule has 0 spiro atoms. The molecule has 3 N–H and O–H groups in total. The third-order valence-corrected chi connectivity index (χ3v) is 3.44. The van der Waals surface area contributed by atoms with E-state index < -0.39 is 0 Å². The summed E-state index contributed by atoms with van der Waals surface area (Å²) < 4.78 is 13.4. The maximum atomic E-state index is 13.4. The van der Waals surface area contributed by atoms with Crippen molar-refractivity contribution in [2.45, 2.75) is 51.1 Å². The Kier molecular flexibility index (Phi) is 7.79. The lowest BCUT2D eigenvalue weighted by atomic mass is 10.1. The number of aromatic nitrogens is 1. The standard InChI is InChI=1S/C14H21FN4.HI/c15-12-8-5-9-17-13(12)10-18-14(16)19-11-6-3-1-2-4-7-11;/h5,8-9,11H,1-4,6-7,10H2,(H3,16,18,19);1H. The van der Waals surface area contributed by atoms with E-state index in [0.29, 0.717) is 17.7 Å². The Morgan fingerprint density at radius 1 is 1.35 bits per heavy atom. The summed E-state index contributed by atoms with van der Waals surface area (Å²) in [5.74, 6) is 0.0467. The molecule has 1 saturated carbocycles. The highest BCUT2D eigenvalue weighted by Gasteiger charge is 2.12. The van der Waals surface area contributed by atoms with Gasteiger partial charge < -0.3 is 11.1 Å². The Morgan fingerprint density at radius 2 is 2.05 bits per heavy atom. The molecule has 4 nitrogen and oxygen atoms in total. The van der Waals surface area contributed by atoms with E-state index in [4.69, 9.17) is 5.73 Å². The SMILES string of the molecule is I.NC(=NCc1ncccc1F)NC1CCCCCC1. The molecule has 1 aromatic heterocycles. The van der Waals surface area contributed by atoms with Gasteiger partial charge in [-0.2, -0.15) is 0 Å². The molecule has 112 valence electrons. The van der Waals surface area contributed by atoms with Gasteiger partial charge in [0.25, 0.3) is 0 Å². The van der Waals surface area contributed by atoms with E-state index in [1.807, 2.05) is 0 Å². The molecule has 2 rings (SSSR count). The summed E-state index contributed by atoms with van der Waals surface area (Å²) in [4.78, 5) is 8.11. The minimum atomic E-state index is -0.339. The van der Waals surface area contributed by atoms with E-state index in [1.165, 1.54) is 31.7 Å². The van der Waals surface area contributed by atoms with Gasteiger partial charge in [-0.15, -0.1) is 24.0 Å². The molecule has 0 aromatic carbocycles. The minimum absolute atomic E-state index is 0. The van der Waals surface area contributed by atoms with Crippen LogP contribution >= 0.6 is 24.0 Å². The molecule has 0 unspecified atom stereocenters. The Labute approximate surface area is 136 Å². The van der Waals surface area contributed by atoms with E-state index >= 15 is 0 Å². The number of nitrogens with one attached hydrogen (secondary N) is 1. The Bertz CT molecular complexity index is 431. The van der Waals surface area contributed by atoms with Gasteiger partial charge in [-0.1, -0.05) is 25.7 Å². The van der Waals surface area contributed by atoms with E-state index in [0.717, 1.165) is 12.8 Å². The number of hydrogen-bond acceptors (Lipinski definition) is 2. The Hall–Kier alpha value is -0.920. The fourth-order valence-electron chi connectivity index (χ4n) is 2.37. The molecule has 0 bridgehead atoms. The summed E-state index contributed by atoms with van der Waals surface area (Å²) in [6.07, 6.45) is 8.90. The molecule has 0 aliphatic heterocycles. The van der Waals surface area contributed by atoms with Crippen LogP contribution in [0, 0.1) is 5.82 Å². The van der Waals surface area contributed by atoms with Gasteiger partial charge in [-0.3, -0.25) is 4.98 Å². The molecular weight excluding hydrogens is 370 g/mol. The second kappa shape index (κ2) is 9.10. The quantitative estimate of drug-likeness (QED) is 0.360. The summed E-state index contributed by atoms with van der Waals surface area (Å²) in [5.41, 5.74) is 6.17. The molecular formula is C14H22FIN4. The fraction of sp³-hybridized carbons (Fsp3) is 0.571. The normalized spacial score (nSPS) is 17.1. The van der Waals surface area contributed by atoms with Crippen molar-refractivity contribution in [1.82, 2.24) is 10.3 Å². The zero-order valence-electron chi connectivity index (χ0n) is 11.5. The molecule has 0 radical (unpaired) electrons. The average Bonchev–Trinajstić information content (AvgIpc) is 2.66. The number of rotatable bonds is 3. The fourth-order valence-corrected chi connectivity index (χ4v) is 2.37. The molecule has 0 saturated heterocycles. The molecule has 1 heterocycles. The number of halogens is 2. The van der Waals surface area contributed by atoms with Crippen LogP contribution < -0.4 is 11.1 Å². The molecule has 0 atom stereocenters. The summed E-state index contributed by atoms with van der Waals surface area (Å²) in [7, 11) is 0. The number of nitrogens with two attached hydrogens (primary N) is 1. The van der Waals surface area contributed by atoms with E-state index in [1.54, 1.807) is 12.3 Å². The van der Waals surface area contributed by atoms with Crippen LogP contribution in [-0.2, 0) is 6.54 Å². The summed E-state index contributed by atoms with van der Waals surface area (Å²) in [6, 6.07) is 3.35. The van der Waals surface area contributed by atoms with Gasteiger partial charge in [-0.25, -0.2) is 9.38 Å². The third kappa shape index (κ3) is 5.60. The van der Waals surface area contributed by atoms with Crippen molar-refractivity contribution in [3.63, 3.8) is 0 Å². The molecule has 1 fully saturated rings. The van der Waals surface area contributed by atoms with Crippen LogP contribution in [0.3, 0.4) is 0 Å². The molecule has 6 heteroatoms. The number of hydrogen-bond donors (Lipinski definition) is 2. The van der Waals surface area contributed by atoms with Crippen LogP contribution in [0.4, 0.5) is 4.39 Å². The second-order valence-electron chi connectivity index (χ2n) is 4.97. The van der Waals surface area contributed by atoms with E-state index in [2.05, 4.69) is 15.3 Å². The van der Waals surface area contributed by atoms with Gasteiger partial charge in [0.1, 0.15) is 5.82 Å². The first-order chi connectivity index (χ1) is 9.25. The van der Waals surface area contributed by atoms with Crippen molar-refractivity contribution in [2.24, 2.45) is 10.7 Å². The van der Waals surface area contributed by atoms with Crippen LogP contribution in [0.15, 0.2) is 23.3 Å². The molecule has 0 amide bonds. The average molecular weight is 392 g/mol. The van der Waals surface area contributed by atoms with Gasteiger partial charge in [0.05, 0.1) is 12.2 Å². The number of nitrogens with zero attached hydrogens (tertiary/aromatic N) is 2. The summed E-state index contributed by atoms with van der Waals surface area (Å²) in [5, 5.41) is 3.23. The number of pyridine rings is 1. The van der Waals surface area contributed by atoms with Gasteiger partial charge >= 0.3 is 0 Å². The topological polar surface area (TPSA) is 63.3 Å². The van der Waals surface area contributed by atoms with Crippen LogP contribution in [0.5, 0.6) is 0 Å². The first-order valence-electron chi connectivity index (χ1n) is 6.91. The van der Waals surface area contributed by atoms with Crippen LogP contribution in [0.1, 0.15) is 44.2 Å². The second-order valence-corrected chi connectivity index (χ2v) is 4.97. The third-order valence-electron chi connectivity index (χ3n) is 3.44. The largest absolute Gasteiger partial charge is 0.370 e. The van der Waals surface area contributed by atoms with E-state index in [9.17, 15) is 4.39 Å². The van der Waals surface area contributed by atoms with Crippen LogP contribution in [0.2, 0.25) is 0 Å². The molecule has 20 heavy (non-hydrogen) atoms. The van der Waals surface area contributed by atoms with Gasteiger partial charge in [0, 0.05) is 12.2 Å². The highest BCUT2D eigenvalue weighted by Crippen LogP contribution is 2.16. The van der Waals surface area contributed by atoms with Crippen molar-refractivity contribution < 1.29 is 4.39 Å². The van der Waals surface area contributed by atoms with Crippen molar-refractivity contribution in [3.05, 3.63) is 29.8 Å². The van der Waals surface area contributed by atoms with Crippen molar-refractivity contribution >= 4 is 29.9 Å². The highest BCUT2D eigenvalue weighted by atomic mass is 127. The zero-order valence-corrected chi connectivity index (χ0v) is 13.8. The van der Waals surface area contributed by atoms with Crippen LogP contribution in [-0.4, -0.2) is 17.0 Å². The van der Waals surface area contributed by atoms with Crippen molar-refractivity contribution in [2.75, 3.05) is 0 Å². The monoisotopic (exact) mass is 392 g/mol.